The monoisotopic (exact) mass is 292 g/mol. The van der Waals surface area contributed by atoms with Crippen LogP contribution in [-0.4, -0.2) is 21.8 Å². The van der Waals surface area contributed by atoms with E-state index in [0.717, 1.165) is 32.3 Å². The molecule has 1 atom stereocenters. The average molecular weight is 292 g/mol. The Morgan fingerprint density at radius 1 is 1.19 bits per heavy atom. The van der Waals surface area contributed by atoms with Crippen molar-refractivity contribution in [2.75, 3.05) is 6.61 Å². The second-order valence-corrected chi connectivity index (χ2v) is 6.29. The molecule has 21 heavy (non-hydrogen) atoms. The Labute approximate surface area is 121 Å². The molecule has 1 saturated carbocycles. The molecule has 0 radical (unpaired) electrons. The first-order valence-electron chi connectivity index (χ1n) is 7.62. The molecule has 4 rings (SSSR count). The van der Waals surface area contributed by atoms with Crippen molar-refractivity contribution in [1.82, 2.24) is 9.55 Å². The maximum atomic E-state index is 13.5. The molecule has 1 unspecified atom stereocenters. The number of fused-ring (bicyclic) bond motifs is 1. The summed E-state index contributed by atoms with van der Waals surface area (Å²) in [5, 5.41) is 0. The van der Waals surface area contributed by atoms with Crippen molar-refractivity contribution in [3.8, 4) is 0 Å². The summed E-state index contributed by atoms with van der Waals surface area (Å²) in [6.07, 6.45) is 8.21. The van der Waals surface area contributed by atoms with E-state index in [2.05, 4.69) is 4.98 Å². The molecule has 112 valence electrons. The quantitative estimate of drug-likeness (QED) is 0.795. The summed E-state index contributed by atoms with van der Waals surface area (Å²) in [7, 11) is 0. The first-order valence-corrected chi connectivity index (χ1v) is 7.62. The lowest BCUT2D eigenvalue weighted by Gasteiger charge is -2.39. The van der Waals surface area contributed by atoms with E-state index in [1.807, 2.05) is 4.57 Å². The molecule has 1 aliphatic carbocycles. The summed E-state index contributed by atoms with van der Waals surface area (Å²) in [5.41, 5.74) is 1.19. The van der Waals surface area contributed by atoms with Crippen molar-refractivity contribution in [3.63, 3.8) is 0 Å². The van der Waals surface area contributed by atoms with Crippen LogP contribution < -0.4 is 0 Å². The van der Waals surface area contributed by atoms with Crippen LogP contribution >= 0.6 is 0 Å². The summed E-state index contributed by atoms with van der Waals surface area (Å²) >= 11 is 0. The summed E-state index contributed by atoms with van der Waals surface area (Å²) < 4.78 is 34.9. The molecule has 3 nitrogen and oxygen atoms in total. The highest BCUT2D eigenvalue weighted by Gasteiger charge is 2.40. The minimum atomic E-state index is -0.841. The van der Waals surface area contributed by atoms with Gasteiger partial charge >= 0.3 is 0 Å². The molecule has 1 spiro atoms. The number of hydrogen-bond acceptors (Lipinski definition) is 2. The molecule has 2 heterocycles. The molecule has 1 aromatic carbocycles. The second kappa shape index (κ2) is 4.77. The minimum absolute atomic E-state index is 0.00190. The molecule has 2 fully saturated rings. The fourth-order valence-electron chi connectivity index (χ4n) is 3.92. The Morgan fingerprint density at radius 2 is 1.95 bits per heavy atom. The van der Waals surface area contributed by atoms with Crippen LogP contribution in [0.25, 0.3) is 11.0 Å². The first-order chi connectivity index (χ1) is 10.2. The second-order valence-electron chi connectivity index (χ2n) is 6.29. The van der Waals surface area contributed by atoms with Gasteiger partial charge < -0.3 is 9.30 Å². The van der Waals surface area contributed by atoms with Gasteiger partial charge in [0.1, 0.15) is 0 Å². The summed E-state index contributed by atoms with van der Waals surface area (Å²) in [4.78, 5) is 4.23. The Morgan fingerprint density at radius 3 is 2.76 bits per heavy atom. The molecular weight excluding hydrogens is 274 g/mol. The molecule has 0 bridgehead atoms. The van der Waals surface area contributed by atoms with E-state index in [-0.39, 0.29) is 11.6 Å². The summed E-state index contributed by atoms with van der Waals surface area (Å²) in [5.74, 6) is -1.65. The maximum absolute atomic E-state index is 13.5. The smallest absolute Gasteiger partial charge is 0.161 e. The molecule has 0 N–H and O–H groups in total. The highest BCUT2D eigenvalue weighted by Crippen LogP contribution is 2.44. The SMILES string of the molecule is Fc1cc2ncn(C3CCOC4(CCCC4)C3)c2cc1F. The lowest BCUT2D eigenvalue weighted by Crippen LogP contribution is -2.38. The van der Waals surface area contributed by atoms with E-state index in [4.69, 9.17) is 4.74 Å². The van der Waals surface area contributed by atoms with Gasteiger partial charge in [-0.3, -0.25) is 0 Å². The standard InChI is InChI=1S/C16H18F2N2O/c17-12-7-14-15(8-13(12)18)20(10-19-14)11-3-6-21-16(9-11)4-1-2-5-16/h7-8,10-11H,1-6,9H2. The van der Waals surface area contributed by atoms with Crippen molar-refractivity contribution in [1.29, 1.82) is 0 Å². The molecule has 1 aromatic heterocycles. The minimum Gasteiger partial charge on any atom is -0.375 e. The third kappa shape index (κ3) is 2.14. The maximum Gasteiger partial charge on any atom is 0.161 e. The van der Waals surface area contributed by atoms with Gasteiger partial charge in [0, 0.05) is 24.8 Å². The van der Waals surface area contributed by atoms with Gasteiger partial charge in [0.05, 0.1) is 23.0 Å². The van der Waals surface area contributed by atoms with Crippen LogP contribution in [-0.2, 0) is 4.74 Å². The zero-order valence-electron chi connectivity index (χ0n) is 11.8. The van der Waals surface area contributed by atoms with Crippen LogP contribution in [0, 0.1) is 11.6 Å². The van der Waals surface area contributed by atoms with Gasteiger partial charge in [-0.25, -0.2) is 13.8 Å². The van der Waals surface area contributed by atoms with Crippen LogP contribution in [0.15, 0.2) is 18.5 Å². The number of hydrogen-bond donors (Lipinski definition) is 0. The van der Waals surface area contributed by atoms with Crippen molar-refractivity contribution < 1.29 is 13.5 Å². The van der Waals surface area contributed by atoms with Gasteiger partial charge in [0.15, 0.2) is 11.6 Å². The predicted molar refractivity (Wildman–Crippen MR) is 75.1 cm³/mol. The third-order valence-corrected chi connectivity index (χ3v) is 4.99. The van der Waals surface area contributed by atoms with Crippen LogP contribution in [0.4, 0.5) is 8.78 Å². The highest BCUT2D eigenvalue weighted by atomic mass is 19.2. The number of aromatic nitrogens is 2. The Hall–Kier alpha value is -1.49. The van der Waals surface area contributed by atoms with Crippen molar-refractivity contribution in [2.45, 2.75) is 50.2 Å². The number of imidazole rings is 1. The van der Waals surface area contributed by atoms with Gasteiger partial charge in [-0.1, -0.05) is 12.8 Å². The van der Waals surface area contributed by atoms with Gasteiger partial charge in [-0.05, 0) is 25.7 Å². The Kier molecular flexibility index (Phi) is 2.99. The fraction of sp³-hybridized carbons (Fsp3) is 0.562. The normalized spacial score (nSPS) is 25.0. The Balaban J connectivity index is 1.71. The van der Waals surface area contributed by atoms with E-state index >= 15 is 0 Å². The molecule has 1 aliphatic heterocycles. The van der Waals surface area contributed by atoms with Crippen LogP contribution in [0.3, 0.4) is 0 Å². The van der Waals surface area contributed by atoms with Gasteiger partial charge in [-0.2, -0.15) is 0 Å². The number of halogens is 2. The fourth-order valence-corrected chi connectivity index (χ4v) is 3.92. The average Bonchev–Trinajstić information content (AvgIpc) is 3.07. The lowest BCUT2D eigenvalue weighted by molar-refractivity contribution is -0.0889. The van der Waals surface area contributed by atoms with Gasteiger partial charge in [-0.15, -0.1) is 0 Å². The third-order valence-electron chi connectivity index (χ3n) is 4.99. The molecular formula is C16H18F2N2O. The van der Waals surface area contributed by atoms with E-state index in [1.165, 1.54) is 25.0 Å². The first kappa shape index (κ1) is 13.2. The van der Waals surface area contributed by atoms with E-state index in [9.17, 15) is 8.78 Å². The van der Waals surface area contributed by atoms with Crippen molar-refractivity contribution >= 4 is 11.0 Å². The lowest BCUT2D eigenvalue weighted by atomic mass is 9.88. The van der Waals surface area contributed by atoms with Crippen LogP contribution in [0.2, 0.25) is 0 Å². The number of ether oxygens (including phenoxy) is 1. The zero-order valence-corrected chi connectivity index (χ0v) is 11.8. The van der Waals surface area contributed by atoms with Gasteiger partial charge in [0.2, 0.25) is 0 Å². The van der Waals surface area contributed by atoms with Crippen molar-refractivity contribution in [2.24, 2.45) is 0 Å². The van der Waals surface area contributed by atoms with Gasteiger partial charge in [0.25, 0.3) is 0 Å². The topological polar surface area (TPSA) is 27.1 Å². The molecule has 0 amide bonds. The Bertz CT molecular complexity index is 676. The molecule has 1 saturated heterocycles. The van der Waals surface area contributed by atoms with Crippen LogP contribution in [0.1, 0.15) is 44.6 Å². The molecule has 2 aromatic rings. The predicted octanol–water partition coefficient (Wildman–Crippen LogP) is 3.98. The number of rotatable bonds is 1. The largest absolute Gasteiger partial charge is 0.375 e. The summed E-state index contributed by atoms with van der Waals surface area (Å²) in [6.45, 7) is 0.730. The van der Waals surface area contributed by atoms with E-state index < -0.39 is 11.6 Å². The summed E-state index contributed by atoms with van der Waals surface area (Å²) in [6, 6.07) is 2.69. The number of nitrogens with zero attached hydrogens (tertiary/aromatic N) is 2. The number of benzene rings is 1. The molecule has 5 heteroatoms. The van der Waals surface area contributed by atoms with E-state index in [0.29, 0.717) is 11.0 Å². The highest BCUT2D eigenvalue weighted by molar-refractivity contribution is 5.75. The zero-order chi connectivity index (χ0) is 14.4. The van der Waals surface area contributed by atoms with Crippen LogP contribution in [0.5, 0.6) is 0 Å². The molecule has 2 aliphatic rings. The van der Waals surface area contributed by atoms with Crippen molar-refractivity contribution in [3.05, 3.63) is 30.1 Å². The van der Waals surface area contributed by atoms with E-state index in [1.54, 1.807) is 6.33 Å².